The van der Waals surface area contributed by atoms with Crippen LogP contribution in [0.2, 0.25) is 0 Å². The van der Waals surface area contributed by atoms with Crippen LogP contribution in [0.5, 0.6) is 0 Å². The topological polar surface area (TPSA) is 81.3 Å². The Bertz CT molecular complexity index is 959. The quantitative estimate of drug-likeness (QED) is 0.575. The Hall–Kier alpha value is -2.61. The van der Waals surface area contributed by atoms with E-state index in [0.29, 0.717) is 11.5 Å². The molecule has 1 fully saturated rings. The maximum Gasteiger partial charge on any atom is 0.416 e. The normalized spacial score (nSPS) is 19.8. The zero-order valence-corrected chi connectivity index (χ0v) is 19.9. The van der Waals surface area contributed by atoms with Crippen LogP contribution in [0, 0.1) is 11.3 Å². The first kappa shape index (κ1) is 24.0. The molecular formula is C24H31FN4O2S. The van der Waals surface area contributed by atoms with Crippen LogP contribution < -0.4 is 10.6 Å². The fourth-order valence-electron chi connectivity index (χ4n) is 4.26. The van der Waals surface area contributed by atoms with Crippen molar-refractivity contribution in [3.63, 3.8) is 0 Å². The molecule has 1 saturated carbocycles. The van der Waals surface area contributed by atoms with Crippen molar-refractivity contribution in [2.45, 2.75) is 59.0 Å². The van der Waals surface area contributed by atoms with E-state index in [9.17, 15) is 4.79 Å². The molecule has 2 aliphatic carbocycles. The van der Waals surface area contributed by atoms with Crippen molar-refractivity contribution in [2.75, 3.05) is 11.4 Å². The molecule has 6 nitrogen and oxygen atoms in total. The summed E-state index contributed by atoms with van der Waals surface area (Å²) < 4.78 is 21.0. The lowest BCUT2D eigenvalue weighted by molar-refractivity contribution is 0.0542. The fourth-order valence-corrected chi connectivity index (χ4v) is 4.37. The predicted octanol–water partition coefficient (Wildman–Crippen LogP) is 5.40. The zero-order chi connectivity index (χ0) is 23.5. The van der Waals surface area contributed by atoms with Gasteiger partial charge in [0.15, 0.2) is 5.82 Å². The van der Waals surface area contributed by atoms with Crippen LogP contribution in [0.25, 0.3) is 0 Å². The second-order valence-electron chi connectivity index (χ2n) is 9.36. The molecule has 1 heterocycles. The number of amides is 1. The summed E-state index contributed by atoms with van der Waals surface area (Å²) >= 11 is 4.96. The molecule has 0 aliphatic heterocycles. The molecule has 1 unspecified atom stereocenters. The maximum atomic E-state index is 15.3. The van der Waals surface area contributed by atoms with Gasteiger partial charge in [0.25, 0.3) is 0 Å². The van der Waals surface area contributed by atoms with E-state index < -0.39 is 17.1 Å². The summed E-state index contributed by atoms with van der Waals surface area (Å²) in [7, 11) is 0. The summed E-state index contributed by atoms with van der Waals surface area (Å²) in [5.74, 6) is 0.0637. The molecule has 0 aromatic carbocycles. The van der Waals surface area contributed by atoms with E-state index in [1.165, 1.54) is 11.0 Å². The van der Waals surface area contributed by atoms with Gasteiger partial charge in [-0.3, -0.25) is 4.90 Å². The molecule has 8 heteroatoms. The lowest BCUT2D eigenvalue weighted by atomic mass is 9.60. The molecule has 2 aliphatic rings. The Morgan fingerprint density at radius 1 is 1.31 bits per heavy atom. The number of nitrogens with two attached hydrogens (primary N) is 1. The number of halogens is 1. The van der Waals surface area contributed by atoms with Crippen LogP contribution in [0.1, 0.15) is 59.1 Å². The SMILES string of the molecule is CCC1C=CC=CC(F)=C1C1(CN(C(=O)OC(C)(C)C)c2ccc(C(N)=S)nn2)CCC1. The first-order valence-electron chi connectivity index (χ1n) is 11.0. The second kappa shape index (κ2) is 9.48. The summed E-state index contributed by atoms with van der Waals surface area (Å²) in [5, 5.41) is 8.24. The maximum absolute atomic E-state index is 15.3. The lowest BCUT2D eigenvalue weighted by Gasteiger charge is -2.48. The minimum Gasteiger partial charge on any atom is -0.443 e. The number of allylic oxidation sites excluding steroid dienone is 5. The highest BCUT2D eigenvalue weighted by Crippen LogP contribution is 2.53. The monoisotopic (exact) mass is 458 g/mol. The van der Waals surface area contributed by atoms with E-state index >= 15 is 4.39 Å². The molecule has 0 spiro atoms. The lowest BCUT2D eigenvalue weighted by Crippen LogP contribution is -2.49. The van der Waals surface area contributed by atoms with Gasteiger partial charge >= 0.3 is 6.09 Å². The van der Waals surface area contributed by atoms with Crippen LogP contribution >= 0.6 is 12.2 Å². The number of hydrogen-bond acceptors (Lipinski definition) is 5. The molecule has 0 radical (unpaired) electrons. The van der Waals surface area contributed by atoms with Crippen LogP contribution in [0.4, 0.5) is 15.0 Å². The van der Waals surface area contributed by atoms with Crippen molar-refractivity contribution in [2.24, 2.45) is 17.1 Å². The van der Waals surface area contributed by atoms with Gasteiger partial charge in [0.1, 0.15) is 22.1 Å². The van der Waals surface area contributed by atoms with Crippen LogP contribution in [-0.2, 0) is 4.74 Å². The number of aromatic nitrogens is 2. The molecule has 172 valence electrons. The number of rotatable bonds is 6. The van der Waals surface area contributed by atoms with Gasteiger partial charge in [-0.15, -0.1) is 10.2 Å². The first-order valence-corrected chi connectivity index (χ1v) is 11.4. The Labute approximate surface area is 194 Å². The van der Waals surface area contributed by atoms with Crippen LogP contribution in [0.15, 0.2) is 47.8 Å². The van der Waals surface area contributed by atoms with Crippen molar-refractivity contribution >= 4 is 29.1 Å². The standard InChI is InChI=1S/C24H31FN4O2S/c1-5-16-9-6-7-10-17(25)20(16)24(13-8-14-24)15-29(22(30)31-23(2,3)4)19-12-11-18(21(26)32)27-28-19/h6-7,9-12,16H,5,8,13-15H2,1-4H3,(H2,26,32). The Morgan fingerprint density at radius 3 is 2.53 bits per heavy atom. The van der Waals surface area contributed by atoms with Gasteiger partial charge in [-0.05, 0) is 63.8 Å². The number of carbonyl (C=O) groups excluding carboxylic acids is 1. The minimum absolute atomic E-state index is 0.0335. The van der Waals surface area contributed by atoms with Crippen LogP contribution in [0.3, 0.4) is 0 Å². The van der Waals surface area contributed by atoms with Gasteiger partial charge in [0.2, 0.25) is 0 Å². The molecule has 0 bridgehead atoms. The first-order chi connectivity index (χ1) is 15.1. The third-order valence-electron chi connectivity index (χ3n) is 5.90. The van der Waals surface area contributed by atoms with Crippen LogP contribution in [-0.4, -0.2) is 33.4 Å². The number of ether oxygens (including phenoxy) is 1. The summed E-state index contributed by atoms with van der Waals surface area (Å²) in [6.45, 7) is 7.72. The van der Waals surface area contributed by atoms with Gasteiger partial charge in [-0.2, -0.15) is 0 Å². The molecule has 2 N–H and O–H groups in total. The number of nitrogens with zero attached hydrogens (tertiary/aromatic N) is 3. The third kappa shape index (κ3) is 5.23. The van der Waals surface area contributed by atoms with Crippen molar-refractivity contribution in [3.05, 3.63) is 53.5 Å². The number of carbonyl (C=O) groups is 1. The van der Waals surface area contributed by atoms with E-state index in [1.54, 1.807) is 39.0 Å². The molecule has 1 atom stereocenters. The average Bonchev–Trinajstić information content (AvgIpc) is 2.88. The van der Waals surface area contributed by atoms with E-state index in [1.807, 2.05) is 19.1 Å². The molecule has 1 aromatic heterocycles. The van der Waals surface area contributed by atoms with E-state index in [4.69, 9.17) is 22.7 Å². The van der Waals surface area contributed by atoms with Gasteiger partial charge in [-0.1, -0.05) is 43.8 Å². The Kier molecular flexibility index (Phi) is 7.12. The number of anilines is 1. The second-order valence-corrected chi connectivity index (χ2v) is 9.80. The van der Waals surface area contributed by atoms with E-state index in [2.05, 4.69) is 10.2 Å². The summed E-state index contributed by atoms with van der Waals surface area (Å²) in [6.07, 6.45) is 9.92. The van der Waals surface area contributed by atoms with Gasteiger partial charge in [0, 0.05) is 17.9 Å². The summed E-state index contributed by atoms with van der Waals surface area (Å²) in [4.78, 5) is 14.8. The van der Waals surface area contributed by atoms with E-state index in [0.717, 1.165) is 31.3 Å². The summed E-state index contributed by atoms with van der Waals surface area (Å²) in [6, 6.07) is 3.27. The molecular weight excluding hydrogens is 427 g/mol. The average molecular weight is 459 g/mol. The highest BCUT2D eigenvalue weighted by molar-refractivity contribution is 7.80. The molecule has 1 amide bonds. The Balaban J connectivity index is 2.02. The Morgan fingerprint density at radius 2 is 2.03 bits per heavy atom. The van der Waals surface area contributed by atoms with Gasteiger partial charge in [-0.25, -0.2) is 9.18 Å². The van der Waals surface area contributed by atoms with Crippen molar-refractivity contribution in [1.82, 2.24) is 10.2 Å². The van der Waals surface area contributed by atoms with Gasteiger partial charge < -0.3 is 10.5 Å². The molecule has 0 saturated heterocycles. The smallest absolute Gasteiger partial charge is 0.416 e. The van der Waals surface area contributed by atoms with E-state index in [-0.39, 0.29) is 23.3 Å². The highest BCUT2D eigenvalue weighted by atomic mass is 32.1. The molecule has 32 heavy (non-hydrogen) atoms. The third-order valence-corrected chi connectivity index (χ3v) is 6.11. The van der Waals surface area contributed by atoms with Crippen molar-refractivity contribution in [1.29, 1.82) is 0 Å². The van der Waals surface area contributed by atoms with Gasteiger partial charge in [0.05, 0.1) is 0 Å². The largest absolute Gasteiger partial charge is 0.443 e. The highest BCUT2D eigenvalue weighted by Gasteiger charge is 2.47. The minimum atomic E-state index is -0.696. The predicted molar refractivity (Wildman–Crippen MR) is 128 cm³/mol. The van der Waals surface area contributed by atoms with Crippen molar-refractivity contribution in [3.8, 4) is 0 Å². The zero-order valence-electron chi connectivity index (χ0n) is 19.1. The number of hydrogen-bond donors (Lipinski definition) is 1. The fraction of sp³-hybridized carbons (Fsp3) is 0.500. The molecule has 3 rings (SSSR count). The molecule has 1 aromatic rings. The number of thiocarbonyl (C=S) groups is 1. The van der Waals surface area contributed by atoms with Crippen molar-refractivity contribution < 1.29 is 13.9 Å². The summed E-state index contributed by atoms with van der Waals surface area (Å²) in [5.41, 5.74) is 5.56.